The molecule has 1 aromatic heterocycles. The molecule has 0 saturated heterocycles. The van der Waals surface area contributed by atoms with Crippen LogP contribution in [0.15, 0.2) is 12.3 Å². The molecule has 13 heavy (non-hydrogen) atoms. The summed E-state index contributed by atoms with van der Waals surface area (Å²) in [5.41, 5.74) is 0.402. The van der Waals surface area contributed by atoms with E-state index in [9.17, 15) is 9.59 Å². The standard InChI is InChI=1S/C8H8N2O3/c11-7-5(8(12)13)2-4-10-6(7)1-3-9-10/h1,3,5H,2,4H2,(H,12,13). The lowest BCUT2D eigenvalue weighted by Crippen LogP contribution is -2.32. The fourth-order valence-corrected chi connectivity index (χ4v) is 1.52. The van der Waals surface area contributed by atoms with E-state index in [0.717, 1.165) is 0 Å². The van der Waals surface area contributed by atoms with Crippen LogP contribution in [-0.2, 0) is 11.3 Å². The lowest BCUT2D eigenvalue weighted by atomic mass is 9.95. The van der Waals surface area contributed by atoms with E-state index in [0.29, 0.717) is 18.7 Å². The van der Waals surface area contributed by atoms with Gasteiger partial charge in [0, 0.05) is 12.7 Å². The average molecular weight is 180 g/mol. The second-order valence-electron chi connectivity index (χ2n) is 2.98. The molecule has 5 nitrogen and oxygen atoms in total. The molecule has 0 radical (unpaired) electrons. The molecular weight excluding hydrogens is 172 g/mol. The van der Waals surface area contributed by atoms with Crippen molar-refractivity contribution in [2.24, 2.45) is 5.92 Å². The number of carboxylic acids is 1. The number of hydrogen-bond donors (Lipinski definition) is 1. The van der Waals surface area contributed by atoms with Gasteiger partial charge in [-0.3, -0.25) is 14.3 Å². The van der Waals surface area contributed by atoms with E-state index in [4.69, 9.17) is 5.11 Å². The van der Waals surface area contributed by atoms with E-state index < -0.39 is 11.9 Å². The van der Waals surface area contributed by atoms with E-state index in [-0.39, 0.29) is 5.78 Å². The van der Waals surface area contributed by atoms with Gasteiger partial charge in [0.1, 0.15) is 11.6 Å². The first-order valence-electron chi connectivity index (χ1n) is 3.99. The molecule has 0 amide bonds. The summed E-state index contributed by atoms with van der Waals surface area (Å²) in [6.45, 7) is 0.505. The zero-order valence-corrected chi connectivity index (χ0v) is 6.80. The Kier molecular flexibility index (Phi) is 1.65. The molecule has 1 atom stereocenters. The summed E-state index contributed by atoms with van der Waals surface area (Å²) < 4.78 is 1.54. The number of carbonyl (C=O) groups is 2. The molecule has 0 aromatic carbocycles. The third kappa shape index (κ3) is 1.12. The van der Waals surface area contributed by atoms with Crippen LogP contribution in [0.2, 0.25) is 0 Å². The van der Waals surface area contributed by atoms with E-state index in [1.54, 1.807) is 10.7 Å². The third-order valence-electron chi connectivity index (χ3n) is 2.21. The highest BCUT2D eigenvalue weighted by Crippen LogP contribution is 2.19. The Morgan fingerprint density at radius 3 is 3.15 bits per heavy atom. The van der Waals surface area contributed by atoms with Gasteiger partial charge in [-0.2, -0.15) is 5.10 Å². The molecule has 1 N–H and O–H groups in total. The summed E-state index contributed by atoms with van der Waals surface area (Å²) in [7, 11) is 0. The molecule has 5 heteroatoms. The molecule has 0 saturated carbocycles. The summed E-state index contributed by atoms with van der Waals surface area (Å²) in [4.78, 5) is 22.1. The number of fused-ring (bicyclic) bond motifs is 1. The van der Waals surface area contributed by atoms with Crippen LogP contribution in [-0.4, -0.2) is 26.6 Å². The van der Waals surface area contributed by atoms with Crippen molar-refractivity contribution in [2.75, 3.05) is 0 Å². The van der Waals surface area contributed by atoms with Crippen LogP contribution in [0.3, 0.4) is 0 Å². The molecule has 1 unspecified atom stereocenters. The highest BCUT2D eigenvalue weighted by Gasteiger charge is 2.32. The van der Waals surface area contributed by atoms with Crippen LogP contribution >= 0.6 is 0 Å². The van der Waals surface area contributed by atoms with E-state index in [2.05, 4.69) is 5.10 Å². The summed E-state index contributed by atoms with van der Waals surface area (Å²) in [5.74, 6) is -2.27. The van der Waals surface area contributed by atoms with Crippen molar-refractivity contribution in [3.63, 3.8) is 0 Å². The van der Waals surface area contributed by atoms with Gasteiger partial charge in [0.25, 0.3) is 0 Å². The van der Waals surface area contributed by atoms with Crippen LogP contribution in [0.25, 0.3) is 0 Å². The molecule has 2 heterocycles. The fraction of sp³-hybridized carbons (Fsp3) is 0.375. The number of aromatic nitrogens is 2. The van der Waals surface area contributed by atoms with Crippen LogP contribution in [0.5, 0.6) is 0 Å². The summed E-state index contributed by atoms with van der Waals surface area (Å²) in [5, 5.41) is 12.6. The molecule has 0 spiro atoms. The number of Topliss-reactive ketones (excluding diaryl/α,β-unsaturated/α-hetero) is 1. The van der Waals surface area contributed by atoms with Gasteiger partial charge in [0.15, 0.2) is 5.78 Å². The molecule has 2 rings (SSSR count). The Labute approximate surface area is 74.0 Å². The molecule has 1 aromatic rings. The highest BCUT2D eigenvalue weighted by molar-refractivity contribution is 6.07. The minimum Gasteiger partial charge on any atom is -0.481 e. The van der Waals surface area contributed by atoms with Crippen molar-refractivity contribution >= 4 is 11.8 Å². The van der Waals surface area contributed by atoms with Gasteiger partial charge in [-0.25, -0.2) is 0 Å². The van der Waals surface area contributed by atoms with Gasteiger partial charge in [0.2, 0.25) is 0 Å². The maximum Gasteiger partial charge on any atom is 0.314 e. The summed E-state index contributed by atoms with van der Waals surface area (Å²) >= 11 is 0. The monoisotopic (exact) mass is 180 g/mol. The molecule has 0 bridgehead atoms. The Bertz CT molecular complexity index is 369. The predicted octanol–water partition coefficient (Wildman–Crippen LogP) is 0.170. The minimum atomic E-state index is -1.04. The largest absolute Gasteiger partial charge is 0.481 e. The number of nitrogens with zero attached hydrogens (tertiary/aromatic N) is 2. The van der Waals surface area contributed by atoms with Gasteiger partial charge < -0.3 is 5.11 Å². The molecule has 1 aliphatic rings. The van der Waals surface area contributed by atoms with E-state index >= 15 is 0 Å². The average Bonchev–Trinajstić information content (AvgIpc) is 2.52. The molecule has 0 fully saturated rings. The van der Waals surface area contributed by atoms with Crippen molar-refractivity contribution in [3.05, 3.63) is 18.0 Å². The number of hydrogen-bond acceptors (Lipinski definition) is 3. The van der Waals surface area contributed by atoms with Crippen molar-refractivity contribution < 1.29 is 14.7 Å². The lowest BCUT2D eigenvalue weighted by molar-refractivity contribution is -0.140. The normalized spacial score (nSPS) is 21.2. The number of rotatable bonds is 1. The van der Waals surface area contributed by atoms with Crippen molar-refractivity contribution in [1.82, 2.24) is 9.78 Å². The van der Waals surface area contributed by atoms with Crippen molar-refractivity contribution in [3.8, 4) is 0 Å². The van der Waals surface area contributed by atoms with Crippen LogP contribution in [0, 0.1) is 5.92 Å². The Morgan fingerprint density at radius 2 is 2.46 bits per heavy atom. The van der Waals surface area contributed by atoms with Gasteiger partial charge in [0.05, 0.1) is 0 Å². The summed E-state index contributed by atoms with van der Waals surface area (Å²) in [6, 6.07) is 1.55. The minimum absolute atomic E-state index is 0.336. The molecular formula is C8H8N2O3. The number of aryl methyl sites for hydroxylation is 1. The second-order valence-corrected chi connectivity index (χ2v) is 2.98. The maximum absolute atomic E-state index is 11.5. The molecule has 68 valence electrons. The lowest BCUT2D eigenvalue weighted by Gasteiger charge is -2.18. The molecule has 0 aliphatic carbocycles. The van der Waals surface area contributed by atoms with Gasteiger partial charge in [-0.05, 0) is 12.5 Å². The summed E-state index contributed by atoms with van der Waals surface area (Å²) in [6.07, 6.45) is 1.85. The maximum atomic E-state index is 11.5. The smallest absolute Gasteiger partial charge is 0.314 e. The number of carbonyl (C=O) groups excluding carboxylic acids is 1. The van der Waals surface area contributed by atoms with Gasteiger partial charge >= 0.3 is 5.97 Å². The zero-order chi connectivity index (χ0) is 9.42. The van der Waals surface area contributed by atoms with E-state index in [1.165, 1.54) is 6.20 Å². The van der Waals surface area contributed by atoms with Crippen molar-refractivity contribution in [1.29, 1.82) is 0 Å². The highest BCUT2D eigenvalue weighted by atomic mass is 16.4. The quantitative estimate of drug-likeness (QED) is 0.625. The van der Waals surface area contributed by atoms with Gasteiger partial charge in [-0.15, -0.1) is 0 Å². The second kappa shape index (κ2) is 2.69. The van der Waals surface area contributed by atoms with Crippen molar-refractivity contribution in [2.45, 2.75) is 13.0 Å². The Morgan fingerprint density at radius 1 is 1.69 bits per heavy atom. The Balaban J connectivity index is 2.38. The van der Waals surface area contributed by atoms with Crippen LogP contribution < -0.4 is 0 Å². The number of carboxylic acid groups (broad SMARTS) is 1. The first-order chi connectivity index (χ1) is 6.20. The first-order valence-corrected chi connectivity index (χ1v) is 3.99. The topological polar surface area (TPSA) is 72.2 Å². The van der Waals surface area contributed by atoms with Crippen LogP contribution in [0.4, 0.5) is 0 Å². The number of aliphatic carboxylic acids is 1. The predicted molar refractivity (Wildman–Crippen MR) is 42.3 cm³/mol. The Hall–Kier alpha value is -1.65. The molecule has 1 aliphatic heterocycles. The fourth-order valence-electron chi connectivity index (χ4n) is 1.52. The zero-order valence-electron chi connectivity index (χ0n) is 6.80. The van der Waals surface area contributed by atoms with E-state index in [1.807, 2.05) is 0 Å². The first kappa shape index (κ1) is 7.97. The van der Waals surface area contributed by atoms with Gasteiger partial charge in [-0.1, -0.05) is 0 Å². The number of ketones is 1. The van der Waals surface area contributed by atoms with Crippen LogP contribution in [0.1, 0.15) is 16.9 Å². The SMILES string of the molecule is O=C(O)C1CCn2nccc2C1=O. The third-order valence-corrected chi connectivity index (χ3v) is 2.21.